The summed E-state index contributed by atoms with van der Waals surface area (Å²) in [6, 6.07) is 3.17. The maximum atomic E-state index is 10.7. The Kier molecular flexibility index (Phi) is 3.38. The third kappa shape index (κ3) is 2.49. The molecule has 2 heterocycles. The molecule has 0 spiro atoms. The quantitative estimate of drug-likeness (QED) is 0.686. The van der Waals surface area contributed by atoms with Gasteiger partial charge < -0.3 is 10.3 Å². The lowest BCUT2D eigenvalue weighted by Crippen LogP contribution is -2.26. The predicted octanol–water partition coefficient (Wildman–Crippen LogP) is 2.13. The van der Waals surface area contributed by atoms with E-state index in [0.717, 1.165) is 11.3 Å². The van der Waals surface area contributed by atoms with Crippen LogP contribution in [-0.4, -0.2) is 19.7 Å². The monoisotopic (exact) mass is 281 g/mol. The predicted molar refractivity (Wildman–Crippen MR) is 72.9 cm³/mol. The Hall–Kier alpha value is -1.80. The van der Waals surface area contributed by atoms with Gasteiger partial charge in [-0.2, -0.15) is 0 Å². The van der Waals surface area contributed by atoms with Crippen molar-refractivity contribution in [2.45, 2.75) is 32.9 Å². The van der Waals surface area contributed by atoms with Crippen LogP contribution < -0.4 is 5.73 Å². The van der Waals surface area contributed by atoms with Gasteiger partial charge in [0.2, 0.25) is 0 Å². The van der Waals surface area contributed by atoms with Crippen molar-refractivity contribution in [2.24, 2.45) is 5.73 Å². The molecule has 0 saturated heterocycles. The molecule has 0 aliphatic heterocycles. The molecule has 2 rings (SSSR count). The van der Waals surface area contributed by atoms with Gasteiger partial charge in [0, 0.05) is 11.6 Å². The van der Waals surface area contributed by atoms with E-state index in [1.165, 1.54) is 6.07 Å². The minimum atomic E-state index is -0.407. The zero-order valence-corrected chi connectivity index (χ0v) is 11.8. The van der Waals surface area contributed by atoms with Crippen LogP contribution in [0.5, 0.6) is 0 Å². The molecule has 2 N–H and O–H groups in total. The summed E-state index contributed by atoms with van der Waals surface area (Å²) in [5.74, 6) is 1.28. The molecule has 0 aromatic carbocycles. The van der Waals surface area contributed by atoms with Gasteiger partial charge in [-0.3, -0.25) is 10.1 Å². The summed E-state index contributed by atoms with van der Waals surface area (Å²) >= 11 is 1.08. The maximum Gasteiger partial charge on any atom is 0.324 e. The minimum Gasteiger partial charge on any atom is -0.324 e. The standard InChI is InChI=1S/C11H15N5O2S/c1-11(2,3)15-8(6-12)13-14-10(15)7-4-5-9(19-7)16(17)18/h4-5H,6,12H2,1-3H3. The number of hydrogen-bond donors (Lipinski definition) is 1. The SMILES string of the molecule is CC(C)(C)n1c(CN)nnc1-c1ccc([N+](=O)[O-])s1. The van der Waals surface area contributed by atoms with Gasteiger partial charge >= 0.3 is 5.00 Å². The van der Waals surface area contributed by atoms with Crippen molar-refractivity contribution < 1.29 is 4.92 Å². The van der Waals surface area contributed by atoms with Crippen LogP contribution >= 0.6 is 11.3 Å². The van der Waals surface area contributed by atoms with Crippen LogP contribution in [0.2, 0.25) is 0 Å². The molecule has 0 amide bonds. The van der Waals surface area contributed by atoms with E-state index in [0.29, 0.717) is 16.5 Å². The van der Waals surface area contributed by atoms with Gasteiger partial charge in [-0.05, 0) is 26.8 Å². The molecule has 0 aliphatic carbocycles. The molecule has 0 aliphatic rings. The molecule has 19 heavy (non-hydrogen) atoms. The van der Waals surface area contributed by atoms with Crippen LogP contribution in [-0.2, 0) is 12.1 Å². The summed E-state index contributed by atoms with van der Waals surface area (Å²) < 4.78 is 1.92. The summed E-state index contributed by atoms with van der Waals surface area (Å²) in [4.78, 5) is 11.1. The van der Waals surface area contributed by atoms with Crippen LogP contribution in [0, 0.1) is 10.1 Å². The lowest BCUT2D eigenvalue weighted by atomic mass is 10.1. The summed E-state index contributed by atoms with van der Waals surface area (Å²) in [5.41, 5.74) is 5.42. The van der Waals surface area contributed by atoms with Crippen LogP contribution in [0.15, 0.2) is 12.1 Å². The summed E-state index contributed by atoms with van der Waals surface area (Å²) in [7, 11) is 0. The van der Waals surface area contributed by atoms with Crippen molar-refractivity contribution in [1.82, 2.24) is 14.8 Å². The highest BCUT2D eigenvalue weighted by molar-refractivity contribution is 7.18. The summed E-state index contributed by atoms with van der Waals surface area (Å²) in [5, 5.41) is 19.0. The lowest BCUT2D eigenvalue weighted by molar-refractivity contribution is -0.380. The molecule has 8 heteroatoms. The van der Waals surface area contributed by atoms with Crippen LogP contribution in [0.1, 0.15) is 26.6 Å². The first kappa shape index (κ1) is 13.6. The molecule has 0 fully saturated rings. The molecule has 2 aromatic rings. The van der Waals surface area contributed by atoms with Crippen molar-refractivity contribution >= 4 is 16.3 Å². The van der Waals surface area contributed by atoms with Gasteiger partial charge in [0.05, 0.1) is 16.3 Å². The highest BCUT2D eigenvalue weighted by Gasteiger charge is 2.25. The molecular formula is C11H15N5O2S. The Morgan fingerprint density at radius 3 is 2.58 bits per heavy atom. The highest BCUT2D eigenvalue weighted by Crippen LogP contribution is 2.34. The fraction of sp³-hybridized carbons (Fsp3) is 0.455. The van der Waals surface area contributed by atoms with Gasteiger partial charge in [-0.1, -0.05) is 11.3 Å². The zero-order valence-electron chi connectivity index (χ0n) is 11.0. The van der Waals surface area contributed by atoms with E-state index in [1.54, 1.807) is 6.07 Å². The topological polar surface area (TPSA) is 99.9 Å². The Balaban J connectivity index is 2.56. The van der Waals surface area contributed by atoms with Crippen LogP contribution in [0.4, 0.5) is 5.00 Å². The molecular weight excluding hydrogens is 266 g/mol. The second kappa shape index (κ2) is 4.71. The third-order valence-electron chi connectivity index (χ3n) is 2.58. The number of aromatic nitrogens is 3. The summed E-state index contributed by atoms with van der Waals surface area (Å²) in [6.45, 7) is 6.32. The van der Waals surface area contributed by atoms with Gasteiger partial charge in [0.1, 0.15) is 5.82 Å². The molecule has 0 saturated carbocycles. The van der Waals surface area contributed by atoms with Gasteiger partial charge in [0.15, 0.2) is 5.82 Å². The van der Waals surface area contributed by atoms with E-state index in [2.05, 4.69) is 10.2 Å². The van der Waals surface area contributed by atoms with E-state index < -0.39 is 4.92 Å². The summed E-state index contributed by atoms with van der Waals surface area (Å²) in [6.07, 6.45) is 0. The van der Waals surface area contributed by atoms with Gasteiger partial charge in [-0.25, -0.2) is 0 Å². The van der Waals surface area contributed by atoms with E-state index >= 15 is 0 Å². The van der Waals surface area contributed by atoms with Crippen molar-refractivity contribution in [3.8, 4) is 10.7 Å². The number of thiophene rings is 1. The Bertz CT molecular complexity index is 611. The molecule has 0 atom stereocenters. The second-order valence-electron chi connectivity index (χ2n) is 5.05. The smallest absolute Gasteiger partial charge is 0.324 e. The normalized spacial score (nSPS) is 11.8. The number of nitrogens with two attached hydrogens (primary N) is 1. The van der Waals surface area contributed by atoms with E-state index in [-0.39, 0.29) is 17.1 Å². The molecule has 102 valence electrons. The zero-order chi connectivity index (χ0) is 14.2. The maximum absolute atomic E-state index is 10.7. The third-order valence-corrected chi connectivity index (χ3v) is 3.61. The van der Waals surface area contributed by atoms with E-state index in [9.17, 15) is 10.1 Å². The van der Waals surface area contributed by atoms with E-state index in [4.69, 9.17) is 5.73 Å². The van der Waals surface area contributed by atoms with Crippen molar-refractivity contribution in [1.29, 1.82) is 0 Å². The van der Waals surface area contributed by atoms with Crippen molar-refractivity contribution in [2.75, 3.05) is 0 Å². The van der Waals surface area contributed by atoms with Crippen molar-refractivity contribution in [3.05, 3.63) is 28.1 Å². The molecule has 0 unspecified atom stereocenters. The van der Waals surface area contributed by atoms with Crippen LogP contribution in [0.25, 0.3) is 10.7 Å². The highest BCUT2D eigenvalue weighted by atomic mass is 32.1. The molecule has 7 nitrogen and oxygen atoms in total. The van der Waals surface area contributed by atoms with Gasteiger partial charge in [-0.15, -0.1) is 10.2 Å². The number of nitrogens with zero attached hydrogens (tertiary/aromatic N) is 4. The minimum absolute atomic E-state index is 0.0905. The average molecular weight is 281 g/mol. The first-order chi connectivity index (χ1) is 8.84. The fourth-order valence-corrected chi connectivity index (χ4v) is 2.65. The molecule has 2 aromatic heterocycles. The number of rotatable bonds is 3. The first-order valence-corrected chi connectivity index (χ1v) is 6.55. The van der Waals surface area contributed by atoms with E-state index in [1.807, 2.05) is 25.3 Å². The van der Waals surface area contributed by atoms with Crippen LogP contribution in [0.3, 0.4) is 0 Å². The van der Waals surface area contributed by atoms with Crippen molar-refractivity contribution in [3.63, 3.8) is 0 Å². The number of hydrogen-bond acceptors (Lipinski definition) is 6. The number of nitro groups is 1. The fourth-order valence-electron chi connectivity index (χ4n) is 1.86. The molecule has 0 bridgehead atoms. The second-order valence-corrected chi connectivity index (χ2v) is 6.11. The Morgan fingerprint density at radius 2 is 2.11 bits per heavy atom. The lowest BCUT2D eigenvalue weighted by Gasteiger charge is -2.24. The molecule has 0 radical (unpaired) electrons. The average Bonchev–Trinajstić information content (AvgIpc) is 2.94. The van der Waals surface area contributed by atoms with Gasteiger partial charge in [0.25, 0.3) is 0 Å². The Labute approximate surface area is 114 Å². The largest absolute Gasteiger partial charge is 0.324 e. The Morgan fingerprint density at radius 1 is 1.42 bits per heavy atom. The first-order valence-electron chi connectivity index (χ1n) is 5.74.